The minimum Gasteiger partial charge on any atom is -0.462 e. The molecule has 10 heteroatoms. The number of rotatable bonds is 32. The Morgan fingerprint density at radius 2 is 1.38 bits per heavy atom. The van der Waals surface area contributed by atoms with E-state index < -0.39 is 32.5 Å². The van der Waals surface area contributed by atoms with E-state index in [1.807, 2.05) is 6.08 Å². The molecule has 1 fully saturated rings. The van der Waals surface area contributed by atoms with Crippen LogP contribution >= 0.6 is 7.82 Å². The van der Waals surface area contributed by atoms with E-state index in [0.717, 1.165) is 44.4 Å². The second-order valence-corrected chi connectivity index (χ2v) is 14.4. The maximum absolute atomic E-state index is 12.3. The summed E-state index contributed by atoms with van der Waals surface area (Å²) in [7, 11) is -4.77. The van der Waals surface area contributed by atoms with Crippen LogP contribution in [0.2, 0.25) is 0 Å². The second-order valence-electron chi connectivity index (χ2n) is 13.2. The lowest BCUT2D eigenvalue weighted by atomic mass is 9.99. The molecule has 1 rings (SSSR count). The first-order chi connectivity index (χ1) is 23.1. The molecule has 278 valence electrons. The third-order valence-electron chi connectivity index (χ3n) is 8.63. The number of esters is 2. The summed E-state index contributed by atoms with van der Waals surface area (Å²) < 4.78 is 31.9. The monoisotopic (exact) mass is 698 g/mol. The molecule has 3 unspecified atom stereocenters. The van der Waals surface area contributed by atoms with Crippen LogP contribution in [-0.4, -0.2) is 53.3 Å². The molecule has 0 aromatic rings. The summed E-state index contributed by atoms with van der Waals surface area (Å²) >= 11 is 0. The molecule has 1 saturated heterocycles. The van der Waals surface area contributed by atoms with Gasteiger partial charge in [0, 0.05) is 12.8 Å². The highest BCUT2D eigenvalue weighted by Gasteiger charge is 2.36. The third kappa shape index (κ3) is 28.1. The first-order valence-corrected chi connectivity index (χ1v) is 20.3. The van der Waals surface area contributed by atoms with Gasteiger partial charge in [0.1, 0.15) is 6.61 Å². The number of hydrogen-bond donors (Lipinski definition) is 2. The van der Waals surface area contributed by atoms with E-state index in [9.17, 15) is 14.2 Å². The molecule has 0 bridgehead atoms. The Balaban J connectivity index is 2.14. The van der Waals surface area contributed by atoms with Gasteiger partial charge in [-0.2, -0.15) is 0 Å². The van der Waals surface area contributed by atoms with Crippen LogP contribution in [0.1, 0.15) is 156 Å². The largest absolute Gasteiger partial charge is 0.469 e. The minimum atomic E-state index is -4.77. The predicted octanol–water partition coefficient (Wildman–Crippen LogP) is 9.85. The van der Waals surface area contributed by atoms with Gasteiger partial charge in [0.25, 0.3) is 0 Å². The van der Waals surface area contributed by atoms with Crippen LogP contribution in [0.3, 0.4) is 0 Å². The van der Waals surface area contributed by atoms with E-state index in [-0.39, 0.29) is 19.4 Å². The fourth-order valence-electron chi connectivity index (χ4n) is 5.32. The number of epoxide rings is 1. The number of allylic oxidation sites excluding steroid dienone is 5. The summed E-state index contributed by atoms with van der Waals surface area (Å²) in [5, 5.41) is 0. The van der Waals surface area contributed by atoms with Crippen LogP contribution in [0.4, 0.5) is 0 Å². The molecule has 0 aromatic carbocycles. The Bertz CT molecular complexity index is 958. The van der Waals surface area contributed by atoms with E-state index in [2.05, 4.69) is 55.7 Å². The number of hydrogen-bond acceptors (Lipinski definition) is 7. The van der Waals surface area contributed by atoms with Gasteiger partial charge < -0.3 is 24.0 Å². The van der Waals surface area contributed by atoms with Crippen molar-refractivity contribution in [3.8, 4) is 0 Å². The highest BCUT2D eigenvalue weighted by molar-refractivity contribution is 7.46. The molecule has 0 saturated carbocycles. The highest BCUT2D eigenvalue weighted by Crippen LogP contribution is 2.36. The van der Waals surface area contributed by atoms with Gasteiger partial charge in [0.15, 0.2) is 6.10 Å². The van der Waals surface area contributed by atoms with Crippen LogP contribution in [0.5, 0.6) is 0 Å². The molecule has 2 N–H and O–H groups in total. The van der Waals surface area contributed by atoms with Crippen LogP contribution in [0.15, 0.2) is 36.5 Å². The van der Waals surface area contributed by atoms with Gasteiger partial charge in [-0.05, 0) is 50.9 Å². The molecule has 0 aromatic heterocycles. The molecule has 1 heterocycles. The number of carbonyl (C=O) groups excluding carboxylic acids is 2. The molecule has 0 radical (unpaired) electrons. The summed E-state index contributed by atoms with van der Waals surface area (Å²) in [4.78, 5) is 42.7. The van der Waals surface area contributed by atoms with Gasteiger partial charge in [0.2, 0.25) is 0 Å². The van der Waals surface area contributed by atoms with Crippen molar-refractivity contribution in [3.63, 3.8) is 0 Å². The number of phosphoric acid groups is 1. The fourth-order valence-corrected chi connectivity index (χ4v) is 5.68. The van der Waals surface area contributed by atoms with E-state index in [4.69, 9.17) is 24.0 Å². The number of unbranched alkanes of at least 4 members (excludes halogenated alkanes) is 10. The van der Waals surface area contributed by atoms with Crippen molar-refractivity contribution < 1.29 is 42.7 Å². The summed E-state index contributed by atoms with van der Waals surface area (Å²) in [6.07, 6.45) is 33.4. The summed E-state index contributed by atoms with van der Waals surface area (Å²) in [5.74, 6) is -0.137. The van der Waals surface area contributed by atoms with Gasteiger partial charge in [0.05, 0.1) is 18.8 Å². The lowest BCUT2D eigenvalue weighted by Crippen LogP contribution is -2.29. The van der Waals surface area contributed by atoms with Crippen molar-refractivity contribution in [2.24, 2.45) is 5.92 Å². The molecule has 0 aliphatic carbocycles. The van der Waals surface area contributed by atoms with E-state index in [1.54, 1.807) is 0 Å². The molecule has 4 atom stereocenters. The molecule has 1 aliphatic heterocycles. The smallest absolute Gasteiger partial charge is 0.462 e. The lowest BCUT2D eigenvalue weighted by Gasteiger charge is -2.18. The number of ether oxygens (including phenoxy) is 3. The van der Waals surface area contributed by atoms with E-state index in [1.165, 1.54) is 64.2 Å². The number of carbonyl (C=O) groups is 2. The minimum absolute atomic E-state index is 0.132. The molecule has 1 aliphatic rings. The molecule has 9 nitrogen and oxygen atoms in total. The first-order valence-electron chi connectivity index (χ1n) is 18.8. The zero-order chi connectivity index (χ0) is 35.3. The average Bonchev–Trinajstić information content (AvgIpc) is 3.80. The number of phosphoric ester groups is 1. The Hall–Kier alpha value is -1.77. The van der Waals surface area contributed by atoms with Gasteiger partial charge >= 0.3 is 19.8 Å². The van der Waals surface area contributed by atoms with Crippen molar-refractivity contribution in [3.05, 3.63) is 36.5 Å². The van der Waals surface area contributed by atoms with Gasteiger partial charge in [-0.3, -0.25) is 14.1 Å². The molecule has 0 amide bonds. The molecule has 48 heavy (non-hydrogen) atoms. The topological polar surface area (TPSA) is 132 Å². The van der Waals surface area contributed by atoms with E-state index >= 15 is 0 Å². The molecule has 0 spiro atoms. The normalized spacial score (nSPS) is 17.8. The lowest BCUT2D eigenvalue weighted by molar-refractivity contribution is -0.161. The summed E-state index contributed by atoms with van der Waals surface area (Å²) in [6, 6.07) is 0. The highest BCUT2D eigenvalue weighted by atomic mass is 31.2. The van der Waals surface area contributed by atoms with Crippen molar-refractivity contribution in [1.82, 2.24) is 0 Å². The van der Waals surface area contributed by atoms with Crippen LogP contribution in [-0.2, 0) is 32.9 Å². The van der Waals surface area contributed by atoms with Crippen LogP contribution < -0.4 is 0 Å². The predicted molar refractivity (Wildman–Crippen MR) is 192 cm³/mol. The Kier molecular flexibility index (Phi) is 26.7. The van der Waals surface area contributed by atoms with Gasteiger partial charge in [-0.1, -0.05) is 134 Å². The Labute approximate surface area is 291 Å². The van der Waals surface area contributed by atoms with Crippen LogP contribution in [0.25, 0.3) is 0 Å². The molecular formula is C38H67O9P. The Morgan fingerprint density at radius 3 is 2.04 bits per heavy atom. The SMILES string of the molecule is CCCCCC1OC1C/C=C\C/C=C\C/C=C\CCCC(=O)O[C@H](COC(=O)CCCCCCCCCCC(C)CC)COP(=O)(O)O. The zero-order valence-corrected chi connectivity index (χ0v) is 31.1. The fraction of sp³-hybridized carbons (Fsp3) is 0.789. The Morgan fingerprint density at radius 1 is 0.750 bits per heavy atom. The molecular weight excluding hydrogens is 631 g/mol. The maximum atomic E-state index is 12.3. The van der Waals surface area contributed by atoms with E-state index in [0.29, 0.717) is 31.5 Å². The summed E-state index contributed by atoms with van der Waals surface area (Å²) in [6.45, 7) is 5.90. The van der Waals surface area contributed by atoms with Gasteiger partial charge in [-0.25, -0.2) is 4.57 Å². The third-order valence-corrected chi connectivity index (χ3v) is 9.11. The van der Waals surface area contributed by atoms with Crippen molar-refractivity contribution >= 4 is 19.8 Å². The van der Waals surface area contributed by atoms with Crippen molar-refractivity contribution in [1.29, 1.82) is 0 Å². The summed E-state index contributed by atoms with van der Waals surface area (Å²) in [5.41, 5.74) is 0. The first kappa shape index (κ1) is 44.3. The maximum Gasteiger partial charge on any atom is 0.469 e. The zero-order valence-electron chi connectivity index (χ0n) is 30.2. The van der Waals surface area contributed by atoms with Crippen molar-refractivity contribution in [2.75, 3.05) is 13.2 Å². The second kappa shape index (κ2) is 29.0. The standard InChI is InChI=1S/C38H67O9P/c1-4-6-21-27-35-36(47-35)28-23-18-14-9-7-8-10-16-20-25-30-38(40)46-34(32-45-48(41,42)43)31-44-37(39)29-24-19-15-12-11-13-17-22-26-33(3)5-2/h7,9-10,16,18,23,33-36H,4-6,8,11-15,17,19-22,24-32H2,1-3H3,(H2,41,42,43)/b9-7-,16-10-,23-18-/t33?,34-,35?,36?/m1/s1. The quantitative estimate of drug-likeness (QED) is 0.0232. The van der Waals surface area contributed by atoms with Crippen LogP contribution in [0, 0.1) is 5.92 Å². The van der Waals surface area contributed by atoms with Crippen molar-refractivity contribution in [2.45, 2.75) is 174 Å². The average molecular weight is 699 g/mol. The van der Waals surface area contributed by atoms with Gasteiger partial charge in [-0.15, -0.1) is 0 Å².